The van der Waals surface area contributed by atoms with Crippen LogP contribution >= 0.6 is 11.6 Å². The van der Waals surface area contributed by atoms with Crippen LogP contribution < -0.4 is 5.32 Å². The van der Waals surface area contributed by atoms with Gasteiger partial charge in [-0.1, -0.05) is 11.6 Å². The molecule has 0 amide bonds. The second-order valence-electron chi connectivity index (χ2n) is 6.26. The van der Waals surface area contributed by atoms with Crippen molar-refractivity contribution in [2.45, 2.75) is 44.8 Å². The maximum atomic E-state index is 6.26. The smallest absolute Gasteiger partial charge is 0.0634 e. The number of hydrogen-bond acceptors (Lipinski definition) is 3. The number of rotatable bonds is 3. The lowest BCUT2D eigenvalue weighted by Gasteiger charge is -2.48. The van der Waals surface area contributed by atoms with E-state index in [-0.39, 0.29) is 5.54 Å². The predicted octanol–water partition coefficient (Wildman–Crippen LogP) is 2.70. The lowest BCUT2D eigenvalue weighted by Crippen LogP contribution is -2.63. The Morgan fingerprint density at radius 3 is 3.00 bits per heavy atom. The molecule has 0 bridgehead atoms. The first-order valence-electron chi connectivity index (χ1n) is 7.16. The van der Waals surface area contributed by atoms with Gasteiger partial charge in [-0.3, -0.25) is 9.88 Å². The Kier molecular flexibility index (Phi) is 3.54. The van der Waals surface area contributed by atoms with Crippen LogP contribution in [0, 0.1) is 5.92 Å². The molecule has 1 saturated heterocycles. The van der Waals surface area contributed by atoms with Gasteiger partial charge in [-0.25, -0.2) is 0 Å². The number of piperazine rings is 1. The minimum Gasteiger partial charge on any atom is -0.311 e. The van der Waals surface area contributed by atoms with Gasteiger partial charge >= 0.3 is 0 Å². The van der Waals surface area contributed by atoms with E-state index < -0.39 is 0 Å². The van der Waals surface area contributed by atoms with Crippen LogP contribution in [-0.2, 0) is 6.54 Å². The third kappa shape index (κ3) is 2.64. The van der Waals surface area contributed by atoms with E-state index in [4.69, 9.17) is 11.6 Å². The van der Waals surface area contributed by atoms with Crippen LogP contribution in [0.3, 0.4) is 0 Å². The molecule has 1 aliphatic heterocycles. The zero-order valence-electron chi connectivity index (χ0n) is 11.7. The standard InChI is InChI=1S/C15H22ClN3/c1-11-8-19(9-12-5-6-17-7-14(12)16)15(2,10-18-11)13-3-4-13/h5-7,11,13,18H,3-4,8-10H2,1-2H3. The Bertz CT molecular complexity index is 460. The molecule has 3 nitrogen and oxygen atoms in total. The summed E-state index contributed by atoms with van der Waals surface area (Å²) in [6.07, 6.45) is 6.32. The second kappa shape index (κ2) is 5.04. The zero-order chi connectivity index (χ0) is 13.5. The van der Waals surface area contributed by atoms with Gasteiger partial charge in [0.2, 0.25) is 0 Å². The van der Waals surface area contributed by atoms with Crippen molar-refractivity contribution in [1.82, 2.24) is 15.2 Å². The molecule has 1 N–H and O–H groups in total. The first kappa shape index (κ1) is 13.3. The van der Waals surface area contributed by atoms with Crippen LogP contribution in [0.25, 0.3) is 0 Å². The van der Waals surface area contributed by atoms with E-state index in [1.807, 2.05) is 12.3 Å². The molecular weight excluding hydrogens is 258 g/mol. The molecule has 0 aromatic carbocycles. The highest BCUT2D eigenvalue weighted by Gasteiger charge is 2.47. The molecule has 1 saturated carbocycles. The summed E-state index contributed by atoms with van der Waals surface area (Å²) in [5.41, 5.74) is 1.47. The highest BCUT2D eigenvalue weighted by molar-refractivity contribution is 6.31. The van der Waals surface area contributed by atoms with Crippen molar-refractivity contribution in [3.63, 3.8) is 0 Å². The predicted molar refractivity (Wildman–Crippen MR) is 78.3 cm³/mol. The Labute approximate surface area is 120 Å². The Morgan fingerprint density at radius 1 is 1.53 bits per heavy atom. The summed E-state index contributed by atoms with van der Waals surface area (Å²) in [6.45, 7) is 7.76. The highest BCUT2D eigenvalue weighted by atomic mass is 35.5. The highest BCUT2D eigenvalue weighted by Crippen LogP contribution is 2.44. The number of nitrogens with one attached hydrogen (secondary N) is 1. The molecule has 4 heteroatoms. The van der Waals surface area contributed by atoms with Crippen LogP contribution in [0.5, 0.6) is 0 Å². The van der Waals surface area contributed by atoms with Gasteiger partial charge in [0, 0.05) is 43.6 Å². The van der Waals surface area contributed by atoms with Gasteiger partial charge in [-0.15, -0.1) is 0 Å². The summed E-state index contributed by atoms with van der Waals surface area (Å²) in [5, 5.41) is 4.42. The first-order chi connectivity index (χ1) is 9.09. The normalized spacial score (nSPS) is 32.5. The van der Waals surface area contributed by atoms with E-state index in [2.05, 4.69) is 29.0 Å². The van der Waals surface area contributed by atoms with Crippen molar-refractivity contribution in [2.24, 2.45) is 5.92 Å². The largest absolute Gasteiger partial charge is 0.311 e. The topological polar surface area (TPSA) is 28.2 Å². The minimum atomic E-state index is 0.277. The number of pyridine rings is 1. The van der Waals surface area contributed by atoms with Gasteiger partial charge in [0.15, 0.2) is 0 Å². The molecule has 3 rings (SSSR count). The zero-order valence-corrected chi connectivity index (χ0v) is 12.5. The van der Waals surface area contributed by atoms with Crippen LogP contribution in [0.15, 0.2) is 18.5 Å². The van der Waals surface area contributed by atoms with Crippen LogP contribution in [0.1, 0.15) is 32.3 Å². The lowest BCUT2D eigenvalue weighted by atomic mass is 9.89. The maximum absolute atomic E-state index is 6.26. The lowest BCUT2D eigenvalue weighted by molar-refractivity contribution is 0.0312. The Balaban J connectivity index is 1.81. The summed E-state index contributed by atoms with van der Waals surface area (Å²) in [7, 11) is 0. The van der Waals surface area contributed by atoms with E-state index in [0.29, 0.717) is 6.04 Å². The molecule has 2 heterocycles. The van der Waals surface area contributed by atoms with Crippen molar-refractivity contribution in [1.29, 1.82) is 0 Å². The Morgan fingerprint density at radius 2 is 2.32 bits per heavy atom. The van der Waals surface area contributed by atoms with Gasteiger partial charge in [-0.2, -0.15) is 0 Å². The van der Waals surface area contributed by atoms with Gasteiger partial charge in [0.1, 0.15) is 0 Å². The molecule has 0 spiro atoms. The fourth-order valence-electron chi connectivity index (χ4n) is 3.19. The molecular formula is C15H22ClN3. The van der Waals surface area contributed by atoms with E-state index in [1.165, 1.54) is 18.4 Å². The van der Waals surface area contributed by atoms with Gasteiger partial charge in [0.05, 0.1) is 5.02 Å². The van der Waals surface area contributed by atoms with Crippen LogP contribution in [-0.4, -0.2) is 34.6 Å². The number of aromatic nitrogens is 1. The van der Waals surface area contributed by atoms with E-state index in [0.717, 1.165) is 30.6 Å². The Hall–Kier alpha value is -0.640. The average molecular weight is 280 g/mol. The van der Waals surface area contributed by atoms with Gasteiger partial charge in [-0.05, 0) is 44.2 Å². The molecule has 2 aliphatic rings. The third-order valence-corrected chi connectivity index (χ3v) is 5.04. The van der Waals surface area contributed by atoms with Gasteiger partial charge in [0.25, 0.3) is 0 Å². The number of nitrogens with zero attached hydrogens (tertiary/aromatic N) is 2. The summed E-state index contributed by atoms with van der Waals surface area (Å²) in [6, 6.07) is 2.59. The number of hydrogen-bond donors (Lipinski definition) is 1. The minimum absolute atomic E-state index is 0.277. The van der Waals surface area contributed by atoms with E-state index in [1.54, 1.807) is 6.20 Å². The quantitative estimate of drug-likeness (QED) is 0.922. The molecule has 1 aromatic rings. The third-order valence-electron chi connectivity index (χ3n) is 4.70. The molecule has 1 aromatic heterocycles. The molecule has 2 atom stereocenters. The van der Waals surface area contributed by atoms with E-state index >= 15 is 0 Å². The summed E-state index contributed by atoms with van der Waals surface area (Å²) in [5.74, 6) is 0.841. The molecule has 104 valence electrons. The summed E-state index contributed by atoms with van der Waals surface area (Å²) < 4.78 is 0. The molecule has 2 unspecified atom stereocenters. The van der Waals surface area contributed by atoms with Gasteiger partial charge < -0.3 is 5.32 Å². The van der Waals surface area contributed by atoms with Crippen molar-refractivity contribution >= 4 is 11.6 Å². The molecule has 0 radical (unpaired) electrons. The van der Waals surface area contributed by atoms with Crippen molar-refractivity contribution in [2.75, 3.05) is 13.1 Å². The van der Waals surface area contributed by atoms with Crippen molar-refractivity contribution in [3.8, 4) is 0 Å². The maximum Gasteiger partial charge on any atom is 0.0634 e. The summed E-state index contributed by atoms with van der Waals surface area (Å²) in [4.78, 5) is 6.69. The monoisotopic (exact) mass is 279 g/mol. The molecule has 1 aliphatic carbocycles. The molecule has 2 fully saturated rings. The second-order valence-corrected chi connectivity index (χ2v) is 6.67. The van der Waals surface area contributed by atoms with Crippen molar-refractivity contribution < 1.29 is 0 Å². The number of halogens is 1. The van der Waals surface area contributed by atoms with Crippen LogP contribution in [0.2, 0.25) is 5.02 Å². The molecule has 19 heavy (non-hydrogen) atoms. The fourth-order valence-corrected chi connectivity index (χ4v) is 3.37. The van der Waals surface area contributed by atoms with Crippen LogP contribution in [0.4, 0.5) is 0 Å². The average Bonchev–Trinajstić information content (AvgIpc) is 3.21. The van der Waals surface area contributed by atoms with Crippen molar-refractivity contribution in [3.05, 3.63) is 29.0 Å². The SMILES string of the molecule is CC1CN(Cc2ccncc2Cl)C(C)(C2CC2)CN1. The fraction of sp³-hybridized carbons (Fsp3) is 0.667. The summed E-state index contributed by atoms with van der Waals surface area (Å²) >= 11 is 6.26. The van der Waals surface area contributed by atoms with E-state index in [9.17, 15) is 0 Å². The first-order valence-corrected chi connectivity index (χ1v) is 7.54.